The van der Waals surface area contributed by atoms with Gasteiger partial charge in [-0.1, -0.05) is 5.16 Å². The molecular formula is C20H25NO5. The third-order valence-electron chi connectivity index (χ3n) is 3.34. The molecule has 0 radical (unpaired) electrons. The molecule has 0 fully saturated rings. The molecule has 0 saturated heterocycles. The van der Waals surface area contributed by atoms with Gasteiger partial charge in [-0.2, -0.15) is 0 Å². The zero-order valence-corrected chi connectivity index (χ0v) is 15.4. The summed E-state index contributed by atoms with van der Waals surface area (Å²) in [5.41, 5.74) is 0.859. The Labute approximate surface area is 154 Å². The van der Waals surface area contributed by atoms with E-state index in [0.29, 0.717) is 37.9 Å². The van der Waals surface area contributed by atoms with Crippen LogP contribution in [0.2, 0.25) is 0 Å². The molecule has 26 heavy (non-hydrogen) atoms. The van der Waals surface area contributed by atoms with Crippen LogP contribution in [0.15, 0.2) is 47.6 Å². The van der Waals surface area contributed by atoms with Gasteiger partial charge in [0.2, 0.25) is 0 Å². The largest absolute Gasteiger partial charge is 0.494 e. The second-order valence-electron chi connectivity index (χ2n) is 5.16. The van der Waals surface area contributed by atoms with Crippen molar-refractivity contribution in [2.24, 2.45) is 5.16 Å². The number of ether oxygens (including phenoxy) is 4. The average molecular weight is 359 g/mol. The van der Waals surface area contributed by atoms with Crippen LogP contribution >= 0.6 is 0 Å². The van der Waals surface area contributed by atoms with Crippen LogP contribution in [-0.2, 0) is 4.84 Å². The first-order valence-corrected chi connectivity index (χ1v) is 8.58. The molecule has 0 aromatic heterocycles. The number of hydrogen-bond acceptors (Lipinski definition) is 6. The SMILES string of the molecule is CCOc1ccc(OCCO/N=C\c2ccc(OCC)c(OC)c2)cc1. The Hall–Kier alpha value is -2.89. The number of rotatable bonds is 11. The molecule has 140 valence electrons. The molecule has 2 aromatic carbocycles. The maximum Gasteiger partial charge on any atom is 0.161 e. The monoisotopic (exact) mass is 359 g/mol. The van der Waals surface area contributed by atoms with E-state index >= 15 is 0 Å². The molecule has 0 N–H and O–H groups in total. The van der Waals surface area contributed by atoms with Gasteiger partial charge in [0.1, 0.15) is 18.1 Å². The van der Waals surface area contributed by atoms with E-state index < -0.39 is 0 Å². The van der Waals surface area contributed by atoms with Crippen molar-refractivity contribution in [1.82, 2.24) is 0 Å². The normalized spacial score (nSPS) is 10.6. The molecule has 0 atom stereocenters. The smallest absolute Gasteiger partial charge is 0.161 e. The lowest BCUT2D eigenvalue weighted by atomic mass is 10.2. The molecule has 0 heterocycles. The van der Waals surface area contributed by atoms with Crippen LogP contribution in [0.1, 0.15) is 19.4 Å². The molecule has 0 spiro atoms. The summed E-state index contributed by atoms with van der Waals surface area (Å²) in [6.45, 7) is 5.85. The van der Waals surface area contributed by atoms with E-state index in [1.165, 1.54) is 0 Å². The van der Waals surface area contributed by atoms with Crippen molar-refractivity contribution in [2.45, 2.75) is 13.8 Å². The van der Waals surface area contributed by atoms with Gasteiger partial charge in [0.05, 0.1) is 26.5 Å². The van der Waals surface area contributed by atoms with Gasteiger partial charge in [-0.05, 0) is 56.3 Å². The maximum absolute atomic E-state index is 5.58. The predicted octanol–water partition coefficient (Wildman–Crippen LogP) is 3.92. The fraction of sp³-hybridized carbons (Fsp3) is 0.350. The molecular weight excluding hydrogens is 334 g/mol. The Kier molecular flexibility index (Phi) is 8.12. The number of nitrogens with zero attached hydrogens (tertiary/aromatic N) is 1. The summed E-state index contributed by atoms with van der Waals surface area (Å²) in [6, 6.07) is 13.0. The molecule has 0 unspecified atom stereocenters. The minimum atomic E-state index is 0.345. The van der Waals surface area contributed by atoms with Crippen molar-refractivity contribution >= 4 is 6.21 Å². The van der Waals surface area contributed by atoms with E-state index in [1.807, 2.05) is 56.3 Å². The van der Waals surface area contributed by atoms with Crippen molar-refractivity contribution in [3.05, 3.63) is 48.0 Å². The summed E-state index contributed by atoms with van der Waals surface area (Å²) in [6.07, 6.45) is 1.62. The van der Waals surface area contributed by atoms with Crippen LogP contribution in [0.5, 0.6) is 23.0 Å². The molecule has 0 aliphatic heterocycles. The molecule has 6 nitrogen and oxygen atoms in total. The Morgan fingerprint density at radius 3 is 2.15 bits per heavy atom. The van der Waals surface area contributed by atoms with E-state index in [0.717, 1.165) is 17.1 Å². The second-order valence-corrected chi connectivity index (χ2v) is 5.16. The predicted molar refractivity (Wildman–Crippen MR) is 101 cm³/mol. The molecule has 0 aliphatic rings. The Bertz CT molecular complexity index is 685. The highest BCUT2D eigenvalue weighted by Gasteiger charge is 2.04. The summed E-state index contributed by atoms with van der Waals surface area (Å²) in [4.78, 5) is 5.22. The summed E-state index contributed by atoms with van der Waals surface area (Å²) < 4.78 is 21.7. The van der Waals surface area contributed by atoms with Crippen molar-refractivity contribution in [1.29, 1.82) is 0 Å². The molecule has 0 saturated carbocycles. The highest BCUT2D eigenvalue weighted by Crippen LogP contribution is 2.27. The van der Waals surface area contributed by atoms with E-state index in [4.69, 9.17) is 23.8 Å². The summed E-state index contributed by atoms with van der Waals surface area (Å²) in [5, 5.41) is 3.94. The molecule has 0 amide bonds. The number of benzene rings is 2. The van der Waals surface area contributed by atoms with Gasteiger partial charge in [0.15, 0.2) is 18.1 Å². The van der Waals surface area contributed by atoms with Gasteiger partial charge in [0, 0.05) is 5.56 Å². The van der Waals surface area contributed by atoms with Crippen LogP contribution in [-0.4, -0.2) is 39.8 Å². The van der Waals surface area contributed by atoms with Crippen LogP contribution < -0.4 is 18.9 Å². The first-order chi connectivity index (χ1) is 12.8. The third kappa shape index (κ3) is 6.20. The molecule has 0 aliphatic carbocycles. The lowest BCUT2D eigenvalue weighted by Crippen LogP contribution is -2.04. The third-order valence-corrected chi connectivity index (χ3v) is 3.34. The zero-order chi connectivity index (χ0) is 18.6. The Morgan fingerprint density at radius 2 is 1.50 bits per heavy atom. The van der Waals surface area contributed by atoms with Gasteiger partial charge >= 0.3 is 0 Å². The Balaban J connectivity index is 1.73. The van der Waals surface area contributed by atoms with Crippen LogP contribution in [0.3, 0.4) is 0 Å². The lowest BCUT2D eigenvalue weighted by Gasteiger charge is -2.09. The standard InChI is InChI=1S/C20H25NO5/c1-4-23-17-7-9-18(10-8-17)25-12-13-26-21-15-16-6-11-19(24-5-2)20(14-16)22-3/h6-11,14-15H,4-5,12-13H2,1-3H3/b21-15-. The first kappa shape index (κ1) is 19.4. The fourth-order valence-electron chi connectivity index (χ4n) is 2.19. The van der Waals surface area contributed by atoms with Crippen LogP contribution in [0.25, 0.3) is 0 Å². The lowest BCUT2D eigenvalue weighted by molar-refractivity contribution is 0.108. The van der Waals surface area contributed by atoms with Crippen molar-refractivity contribution in [3.8, 4) is 23.0 Å². The zero-order valence-electron chi connectivity index (χ0n) is 15.4. The van der Waals surface area contributed by atoms with Gasteiger partial charge in [-0.3, -0.25) is 0 Å². The van der Waals surface area contributed by atoms with Gasteiger partial charge < -0.3 is 23.8 Å². The minimum Gasteiger partial charge on any atom is -0.494 e. The number of hydrogen-bond donors (Lipinski definition) is 0. The fourth-order valence-corrected chi connectivity index (χ4v) is 2.19. The van der Waals surface area contributed by atoms with Crippen molar-refractivity contribution < 1.29 is 23.8 Å². The Morgan fingerprint density at radius 1 is 0.808 bits per heavy atom. The van der Waals surface area contributed by atoms with Crippen LogP contribution in [0, 0.1) is 0 Å². The summed E-state index contributed by atoms with van der Waals surface area (Å²) in [5.74, 6) is 2.95. The van der Waals surface area contributed by atoms with E-state index in [2.05, 4.69) is 5.16 Å². The van der Waals surface area contributed by atoms with E-state index in [1.54, 1.807) is 13.3 Å². The summed E-state index contributed by atoms with van der Waals surface area (Å²) in [7, 11) is 1.60. The average Bonchev–Trinajstić information content (AvgIpc) is 2.67. The number of oxime groups is 1. The van der Waals surface area contributed by atoms with Crippen LogP contribution in [0.4, 0.5) is 0 Å². The quantitative estimate of drug-likeness (QED) is 0.346. The van der Waals surface area contributed by atoms with Crippen molar-refractivity contribution in [3.63, 3.8) is 0 Å². The van der Waals surface area contributed by atoms with Crippen molar-refractivity contribution in [2.75, 3.05) is 33.5 Å². The molecule has 2 rings (SSSR count). The van der Waals surface area contributed by atoms with E-state index in [-0.39, 0.29) is 0 Å². The maximum atomic E-state index is 5.58. The summed E-state index contributed by atoms with van der Waals surface area (Å²) >= 11 is 0. The minimum absolute atomic E-state index is 0.345. The molecule has 0 bridgehead atoms. The topological polar surface area (TPSA) is 58.5 Å². The number of methoxy groups -OCH3 is 1. The van der Waals surface area contributed by atoms with E-state index in [9.17, 15) is 0 Å². The molecule has 2 aromatic rings. The molecule has 6 heteroatoms. The van der Waals surface area contributed by atoms with Gasteiger partial charge in [-0.15, -0.1) is 0 Å². The van der Waals surface area contributed by atoms with Gasteiger partial charge in [0.25, 0.3) is 0 Å². The highest BCUT2D eigenvalue weighted by atomic mass is 16.6. The first-order valence-electron chi connectivity index (χ1n) is 8.58. The second kappa shape index (κ2) is 10.9. The highest BCUT2D eigenvalue weighted by molar-refractivity contribution is 5.80. The van der Waals surface area contributed by atoms with Gasteiger partial charge in [-0.25, -0.2) is 0 Å².